The van der Waals surface area contributed by atoms with E-state index in [1.165, 1.54) is 6.07 Å². The molecule has 2 rings (SSSR count). The molecule has 1 atom stereocenters. The molecule has 1 aliphatic heterocycles. The summed E-state index contributed by atoms with van der Waals surface area (Å²) in [6, 6.07) is 6.39. The molecule has 1 amide bonds. The van der Waals surface area contributed by atoms with Crippen LogP contribution in [0, 0.1) is 0 Å². The van der Waals surface area contributed by atoms with Gasteiger partial charge in [0.05, 0.1) is 23.8 Å². The molecule has 0 radical (unpaired) electrons. The lowest BCUT2D eigenvalue weighted by molar-refractivity contribution is 0.0555. The van der Waals surface area contributed by atoms with Gasteiger partial charge in [-0.3, -0.25) is 4.79 Å². The number of carboxylic acid groups (broad SMARTS) is 1. The Balaban J connectivity index is 2.20. The van der Waals surface area contributed by atoms with Crippen molar-refractivity contribution in [1.29, 1.82) is 0 Å². The van der Waals surface area contributed by atoms with Crippen molar-refractivity contribution in [2.75, 3.05) is 19.8 Å². The molecule has 1 aliphatic rings. The molecule has 0 spiro atoms. The van der Waals surface area contributed by atoms with E-state index in [-0.39, 0.29) is 23.1 Å². The topological polar surface area (TPSA) is 66.8 Å². The van der Waals surface area contributed by atoms with Gasteiger partial charge in [0, 0.05) is 13.2 Å². The van der Waals surface area contributed by atoms with Gasteiger partial charge in [0.1, 0.15) is 0 Å². The highest BCUT2D eigenvalue weighted by Crippen LogP contribution is 2.22. The van der Waals surface area contributed by atoms with Crippen molar-refractivity contribution in [3.63, 3.8) is 0 Å². The Hall–Kier alpha value is -1.88. The molecule has 0 bridgehead atoms. The van der Waals surface area contributed by atoms with Gasteiger partial charge < -0.3 is 14.7 Å². The van der Waals surface area contributed by atoms with Gasteiger partial charge in [-0.25, -0.2) is 4.79 Å². The molecular weight excluding hydrogens is 258 g/mol. The molecule has 0 aromatic heterocycles. The first-order valence-electron chi connectivity index (χ1n) is 6.86. The molecule has 108 valence electrons. The van der Waals surface area contributed by atoms with E-state index in [0.29, 0.717) is 19.8 Å². The van der Waals surface area contributed by atoms with Gasteiger partial charge in [-0.05, 0) is 31.9 Å². The summed E-state index contributed by atoms with van der Waals surface area (Å²) in [4.78, 5) is 25.5. The van der Waals surface area contributed by atoms with Gasteiger partial charge in [0.15, 0.2) is 0 Å². The van der Waals surface area contributed by atoms with Gasteiger partial charge in [-0.1, -0.05) is 12.1 Å². The van der Waals surface area contributed by atoms with Crippen molar-refractivity contribution in [2.45, 2.75) is 25.8 Å². The third-order valence-electron chi connectivity index (χ3n) is 3.54. The first kappa shape index (κ1) is 14.5. The van der Waals surface area contributed by atoms with E-state index in [1.54, 1.807) is 23.1 Å². The Bertz CT molecular complexity index is 500. The number of hydrogen-bond acceptors (Lipinski definition) is 3. The lowest BCUT2D eigenvalue weighted by atomic mass is 10.1. The van der Waals surface area contributed by atoms with Crippen LogP contribution in [0.25, 0.3) is 0 Å². The molecule has 1 heterocycles. The third kappa shape index (κ3) is 2.99. The minimum atomic E-state index is -1.07. The molecule has 1 N–H and O–H groups in total. The molecular formula is C15H19NO4. The predicted octanol–water partition coefficient (Wildman–Crippen LogP) is 2.03. The molecule has 5 heteroatoms. The minimum absolute atomic E-state index is 0.0456. The monoisotopic (exact) mass is 277 g/mol. The second-order valence-electron chi connectivity index (χ2n) is 4.80. The Labute approximate surface area is 118 Å². The van der Waals surface area contributed by atoms with E-state index in [4.69, 9.17) is 9.84 Å². The molecule has 1 aromatic carbocycles. The van der Waals surface area contributed by atoms with Crippen LogP contribution in [0.3, 0.4) is 0 Å². The molecule has 20 heavy (non-hydrogen) atoms. The Morgan fingerprint density at radius 1 is 1.35 bits per heavy atom. The first-order chi connectivity index (χ1) is 9.65. The third-order valence-corrected chi connectivity index (χ3v) is 3.54. The molecule has 1 saturated heterocycles. The number of nitrogens with zero attached hydrogens (tertiary/aromatic N) is 1. The van der Waals surface area contributed by atoms with E-state index < -0.39 is 5.97 Å². The summed E-state index contributed by atoms with van der Waals surface area (Å²) < 4.78 is 5.40. The van der Waals surface area contributed by atoms with Gasteiger partial charge in [-0.15, -0.1) is 0 Å². The van der Waals surface area contributed by atoms with Gasteiger partial charge >= 0.3 is 5.97 Å². The van der Waals surface area contributed by atoms with Crippen LogP contribution in [0.5, 0.6) is 0 Å². The summed E-state index contributed by atoms with van der Waals surface area (Å²) in [5.41, 5.74) is 0.308. The number of carbonyl (C=O) groups is 2. The quantitative estimate of drug-likeness (QED) is 0.894. The SMILES string of the molecule is CCOC[C@@H]1CCCN1C(=O)c1ccccc1C(=O)O. The van der Waals surface area contributed by atoms with E-state index in [0.717, 1.165) is 12.8 Å². The number of aromatic carboxylic acids is 1. The average molecular weight is 277 g/mol. The summed E-state index contributed by atoms with van der Waals surface area (Å²) >= 11 is 0. The standard InChI is InChI=1S/C15H19NO4/c1-2-20-10-11-6-5-9-16(11)14(17)12-7-3-4-8-13(12)15(18)19/h3-4,7-8,11H,2,5-6,9-10H2,1H3,(H,18,19)/t11-/m0/s1. The summed E-state index contributed by atoms with van der Waals surface area (Å²) in [5.74, 6) is -1.29. The maximum atomic E-state index is 12.6. The lowest BCUT2D eigenvalue weighted by Crippen LogP contribution is -2.39. The van der Waals surface area contributed by atoms with Crippen molar-refractivity contribution in [3.8, 4) is 0 Å². The van der Waals surface area contributed by atoms with Gasteiger partial charge in [-0.2, -0.15) is 0 Å². The van der Waals surface area contributed by atoms with Gasteiger partial charge in [0.25, 0.3) is 5.91 Å². The smallest absolute Gasteiger partial charge is 0.336 e. The normalized spacial score (nSPS) is 18.2. The van der Waals surface area contributed by atoms with Crippen molar-refractivity contribution in [1.82, 2.24) is 4.90 Å². The highest BCUT2D eigenvalue weighted by molar-refractivity contribution is 6.04. The fourth-order valence-electron chi connectivity index (χ4n) is 2.54. The van der Waals surface area contributed by atoms with Crippen molar-refractivity contribution >= 4 is 11.9 Å². The fraction of sp³-hybridized carbons (Fsp3) is 0.467. The Morgan fingerprint density at radius 2 is 2.05 bits per heavy atom. The van der Waals surface area contributed by atoms with Crippen LogP contribution in [0.1, 0.15) is 40.5 Å². The largest absolute Gasteiger partial charge is 0.478 e. The molecule has 5 nitrogen and oxygen atoms in total. The van der Waals surface area contributed by atoms with E-state index in [1.807, 2.05) is 6.92 Å². The number of hydrogen-bond donors (Lipinski definition) is 1. The Morgan fingerprint density at radius 3 is 2.70 bits per heavy atom. The average Bonchev–Trinajstić information content (AvgIpc) is 2.92. The number of carboxylic acids is 1. The maximum absolute atomic E-state index is 12.6. The van der Waals surface area contributed by atoms with Crippen molar-refractivity contribution in [3.05, 3.63) is 35.4 Å². The fourth-order valence-corrected chi connectivity index (χ4v) is 2.54. The second kappa shape index (κ2) is 6.52. The zero-order chi connectivity index (χ0) is 14.5. The number of benzene rings is 1. The van der Waals surface area contributed by atoms with Crippen LogP contribution in [-0.4, -0.2) is 47.7 Å². The first-order valence-corrected chi connectivity index (χ1v) is 6.86. The van der Waals surface area contributed by atoms with Gasteiger partial charge in [0.2, 0.25) is 0 Å². The zero-order valence-corrected chi connectivity index (χ0v) is 11.5. The van der Waals surface area contributed by atoms with Crippen LogP contribution in [0.4, 0.5) is 0 Å². The molecule has 0 aliphatic carbocycles. The number of ether oxygens (including phenoxy) is 1. The van der Waals surface area contributed by atoms with Crippen LogP contribution in [-0.2, 0) is 4.74 Å². The highest BCUT2D eigenvalue weighted by atomic mass is 16.5. The molecule has 0 unspecified atom stereocenters. The van der Waals surface area contributed by atoms with Crippen LogP contribution in [0.15, 0.2) is 24.3 Å². The predicted molar refractivity (Wildman–Crippen MR) is 74.0 cm³/mol. The summed E-state index contributed by atoms with van der Waals surface area (Å²) in [6.45, 7) is 3.70. The zero-order valence-electron chi connectivity index (χ0n) is 11.5. The number of amides is 1. The van der Waals surface area contributed by atoms with Crippen LogP contribution < -0.4 is 0 Å². The van der Waals surface area contributed by atoms with Crippen molar-refractivity contribution < 1.29 is 19.4 Å². The lowest BCUT2D eigenvalue weighted by Gasteiger charge is -2.25. The number of carbonyl (C=O) groups excluding carboxylic acids is 1. The molecule has 1 aromatic rings. The maximum Gasteiger partial charge on any atom is 0.336 e. The van der Waals surface area contributed by atoms with Crippen LogP contribution in [0.2, 0.25) is 0 Å². The summed E-state index contributed by atoms with van der Waals surface area (Å²) in [6.07, 6.45) is 1.83. The summed E-state index contributed by atoms with van der Waals surface area (Å²) in [5, 5.41) is 9.17. The summed E-state index contributed by atoms with van der Waals surface area (Å²) in [7, 11) is 0. The number of rotatable bonds is 5. The molecule has 1 fully saturated rings. The second-order valence-corrected chi connectivity index (χ2v) is 4.80. The Kier molecular flexibility index (Phi) is 4.74. The van der Waals surface area contributed by atoms with E-state index in [9.17, 15) is 9.59 Å². The highest BCUT2D eigenvalue weighted by Gasteiger charge is 2.31. The number of likely N-dealkylation sites (tertiary alicyclic amines) is 1. The molecule has 0 saturated carbocycles. The van der Waals surface area contributed by atoms with Crippen molar-refractivity contribution in [2.24, 2.45) is 0 Å². The van der Waals surface area contributed by atoms with E-state index >= 15 is 0 Å². The van der Waals surface area contributed by atoms with Crippen LogP contribution >= 0.6 is 0 Å². The minimum Gasteiger partial charge on any atom is -0.478 e. The van der Waals surface area contributed by atoms with E-state index in [2.05, 4.69) is 0 Å².